The highest BCUT2D eigenvalue weighted by molar-refractivity contribution is 9.10. The van der Waals surface area contributed by atoms with E-state index in [1.807, 2.05) is 39.0 Å². The number of hydrogen-bond acceptors (Lipinski definition) is 6. The number of aryl methyl sites for hydroxylation is 1. The Morgan fingerprint density at radius 2 is 2.03 bits per heavy atom. The maximum Gasteiger partial charge on any atom is 0.410 e. The van der Waals surface area contributed by atoms with Gasteiger partial charge in [0.1, 0.15) is 11.4 Å². The van der Waals surface area contributed by atoms with Crippen LogP contribution in [0, 0.1) is 0 Å². The summed E-state index contributed by atoms with van der Waals surface area (Å²) in [5, 5.41) is 11.3. The van der Waals surface area contributed by atoms with E-state index in [1.54, 1.807) is 13.2 Å². The molecule has 0 bridgehead atoms. The lowest BCUT2D eigenvalue weighted by molar-refractivity contribution is -0.883. The zero-order chi connectivity index (χ0) is 24.3. The Morgan fingerprint density at radius 1 is 1.30 bits per heavy atom. The lowest BCUT2D eigenvalue weighted by atomic mass is 10.2. The van der Waals surface area contributed by atoms with E-state index in [1.165, 1.54) is 12.0 Å². The zero-order valence-corrected chi connectivity index (χ0v) is 21.2. The second kappa shape index (κ2) is 9.94. The maximum absolute atomic E-state index is 12.4. The summed E-state index contributed by atoms with van der Waals surface area (Å²) >= 11 is 3.45. The molecule has 0 saturated heterocycles. The van der Waals surface area contributed by atoms with Crippen LogP contribution in [0.25, 0.3) is 21.9 Å². The molecule has 10 heteroatoms. The number of methoxy groups -OCH3 is 1. The molecular formula is C23H30BrN4O5+. The number of benzene rings is 1. The number of nitrogens with zero attached hydrogens (tertiary/aromatic N) is 4. The molecule has 0 unspecified atom stereocenters. The highest BCUT2D eigenvalue weighted by atomic mass is 79.9. The predicted octanol–water partition coefficient (Wildman–Crippen LogP) is 3.84. The number of likely N-dealkylation sites (N-methyl/N-ethyl adjacent to an activating group) is 1. The molecule has 0 atom stereocenters. The van der Waals surface area contributed by atoms with Crippen molar-refractivity contribution in [1.29, 1.82) is 0 Å². The quantitative estimate of drug-likeness (QED) is 0.288. The van der Waals surface area contributed by atoms with Crippen molar-refractivity contribution in [3.63, 3.8) is 0 Å². The third kappa shape index (κ3) is 5.93. The number of rotatable bonds is 7. The molecular weight excluding hydrogens is 492 g/mol. The number of fused-ring (bicyclic) bond motifs is 3. The van der Waals surface area contributed by atoms with E-state index in [2.05, 4.69) is 20.5 Å². The fourth-order valence-corrected chi connectivity index (χ4v) is 3.94. The Labute approximate surface area is 201 Å². The molecule has 2 heterocycles. The van der Waals surface area contributed by atoms with E-state index >= 15 is 0 Å². The highest BCUT2D eigenvalue weighted by Crippen LogP contribution is 2.27. The number of esters is 1. The van der Waals surface area contributed by atoms with Crippen LogP contribution in [0.3, 0.4) is 0 Å². The third-order valence-corrected chi connectivity index (χ3v) is 5.64. The lowest BCUT2D eigenvalue weighted by Gasteiger charge is -2.24. The van der Waals surface area contributed by atoms with Gasteiger partial charge in [-0.1, -0.05) is 15.9 Å². The number of hydrogen-bond donors (Lipinski definition) is 1. The van der Waals surface area contributed by atoms with Crippen LogP contribution >= 0.6 is 15.9 Å². The summed E-state index contributed by atoms with van der Waals surface area (Å²) < 4.78 is 14.2. The summed E-state index contributed by atoms with van der Waals surface area (Å²) in [5.41, 5.74) is 1.54. The van der Waals surface area contributed by atoms with Gasteiger partial charge in [-0.3, -0.25) is 10.0 Å². The lowest BCUT2D eigenvalue weighted by Crippen LogP contribution is -2.35. The molecule has 33 heavy (non-hydrogen) atoms. The number of imidazole rings is 1. The molecule has 3 rings (SSSR count). The van der Waals surface area contributed by atoms with Gasteiger partial charge >= 0.3 is 12.1 Å². The van der Waals surface area contributed by atoms with E-state index < -0.39 is 11.7 Å². The third-order valence-electron chi connectivity index (χ3n) is 5.15. The van der Waals surface area contributed by atoms with Crippen molar-refractivity contribution >= 4 is 49.9 Å². The van der Waals surface area contributed by atoms with Gasteiger partial charge in [-0.25, -0.2) is 9.78 Å². The minimum atomic E-state index is -0.575. The normalized spacial score (nSPS) is 11.7. The van der Waals surface area contributed by atoms with Crippen LogP contribution in [-0.2, 0) is 27.2 Å². The zero-order valence-electron chi connectivity index (χ0n) is 19.6. The minimum Gasteiger partial charge on any atom is -0.469 e. The first-order valence-corrected chi connectivity index (χ1v) is 11.5. The minimum absolute atomic E-state index is 0.271. The maximum atomic E-state index is 12.4. The van der Waals surface area contributed by atoms with Crippen molar-refractivity contribution in [2.45, 2.75) is 52.2 Å². The summed E-state index contributed by atoms with van der Waals surface area (Å²) in [6, 6.07) is 5.66. The van der Waals surface area contributed by atoms with Gasteiger partial charge in [0, 0.05) is 48.2 Å². The molecule has 0 spiro atoms. The average molecular weight is 522 g/mol. The van der Waals surface area contributed by atoms with E-state index in [-0.39, 0.29) is 12.4 Å². The Morgan fingerprint density at radius 3 is 2.70 bits per heavy atom. The summed E-state index contributed by atoms with van der Waals surface area (Å²) in [6.07, 6.45) is 2.50. The van der Waals surface area contributed by atoms with Crippen molar-refractivity contribution in [3.8, 4) is 0 Å². The van der Waals surface area contributed by atoms with Crippen LogP contribution in [0.1, 0.15) is 39.4 Å². The average Bonchev–Trinajstić information content (AvgIpc) is 3.07. The van der Waals surface area contributed by atoms with Gasteiger partial charge in [0.2, 0.25) is 0 Å². The molecule has 0 aliphatic carbocycles. The Kier molecular flexibility index (Phi) is 7.46. The van der Waals surface area contributed by atoms with Crippen LogP contribution in [0.2, 0.25) is 0 Å². The molecule has 0 radical (unpaired) electrons. The van der Waals surface area contributed by atoms with Crippen molar-refractivity contribution in [3.05, 3.63) is 34.7 Å². The number of carbonyl (C=O) groups is 2. The molecule has 0 aliphatic heterocycles. The molecule has 1 amide bonds. The molecule has 1 N–H and O–H groups in total. The van der Waals surface area contributed by atoms with Gasteiger partial charge in [0.05, 0.1) is 18.0 Å². The summed E-state index contributed by atoms with van der Waals surface area (Å²) in [5.74, 6) is 0.480. The fourth-order valence-electron chi connectivity index (χ4n) is 3.59. The first kappa shape index (κ1) is 24.8. The molecule has 0 aliphatic rings. The van der Waals surface area contributed by atoms with Crippen molar-refractivity contribution in [2.75, 3.05) is 20.7 Å². The SMILES string of the molecule is COC(=O)CCCn1c(CCN(C)C(=O)OC(C)(C)C)nc2c[n+](O)c3cc(Br)ccc3c21. The molecule has 3 aromatic rings. The molecule has 1 aromatic carbocycles. The number of pyridine rings is 1. The van der Waals surface area contributed by atoms with Gasteiger partial charge in [-0.05, 0) is 39.3 Å². The van der Waals surface area contributed by atoms with Crippen molar-refractivity contribution in [1.82, 2.24) is 14.5 Å². The molecule has 178 valence electrons. The largest absolute Gasteiger partial charge is 0.469 e. The van der Waals surface area contributed by atoms with E-state index in [9.17, 15) is 14.8 Å². The van der Waals surface area contributed by atoms with Crippen molar-refractivity contribution < 1.29 is 29.0 Å². The summed E-state index contributed by atoms with van der Waals surface area (Å²) in [7, 11) is 3.06. The smallest absolute Gasteiger partial charge is 0.410 e. The van der Waals surface area contributed by atoms with Gasteiger partial charge in [0.25, 0.3) is 11.7 Å². The summed E-state index contributed by atoms with van der Waals surface area (Å²) in [4.78, 5) is 30.3. The molecule has 0 saturated carbocycles. The number of aromatic nitrogens is 3. The van der Waals surface area contributed by atoms with Crippen LogP contribution < -0.4 is 4.73 Å². The van der Waals surface area contributed by atoms with E-state index in [0.29, 0.717) is 37.0 Å². The monoisotopic (exact) mass is 521 g/mol. The number of halogens is 1. The predicted molar refractivity (Wildman–Crippen MR) is 126 cm³/mol. The van der Waals surface area contributed by atoms with E-state index in [0.717, 1.165) is 25.9 Å². The van der Waals surface area contributed by atoms with Gasteiger partial charge < -0.3 is 18.9 Å². The topological polar surface area (TPSA) is 97.8 Å². The molecule has 2 aromatic heterocycles. The number of amides is 1. The van der Waals surface area contributed by atoms with Gasteiger partial charge in [-0.15, -0.1) is 0 Å². The number of carbonyl (C=O) groups excluding carboxylic acids is 2. The standard InChI is InChI=1S/C23H30BrN4O5/c1-23(2,3)33-22(30)26(4)12-10-19-25-17-14-28(31)18-13-15(24)8-9-16(18)21(17)27(19)11-6-7-20(29)32-5/h8-9,13-14,31H,6-7,10-12H2,1-5H3/q+1. The molecule has 0 fully saturated rings. The second-order valence-electron chi connectivity index (χ2n) is 8.88. The van der Waals surface area contributed by atoms with Crippen molar-refractivity contribution in [2.24, 2.45) is 0 Å². The fraction of sp³-hybridized carbons (Fsp3) is 0.478. The molecule has 9 nitrogen and oxygen atoms in total. The highest BCUT2D eigenvalue weighted by Gasteiger charge is 2.23. The van der Waals surface area contributed by atoms with Crippen LogP contribution in [-0.4, -0.2) is 58.0 Å². The Hall–Kier alpha value is -2.88. The van der Waals surface area contributed by atoms with Gasteiger partial charge in [0.15, 0.2) is 5.52 Å². The van der Waals surface area contributed by atoms with Crippen LogP contribution in [0.4, 0.5) is 4.79 Å². The van der Waals surface area contributed by atoms with Gasteiger partial charge in [-0.2, -0.15) is 0 Å². The van der Waals surface area contributed by atoms with E-state index in [4.69, 9.17) is 14.5 Å². The van der Waals surface area contributed by atoms with Crippen LogP contribution in [0.15, 0.2) is 28.9 Å². The summed E-state index contributed by atoms with van der Waals surface area (Å²) in [6.45, 7) is 6.42. The number of ether oxygens (including phenoxy) is 2. The first-order chi connectivity index (χ1) is 15.5. The Bertz CT molecular complexity index is 1190. The van der Waals surface area contributed by atoms with Crippen LogP contribution in [0.5, 0.6) is 0 Å². The second-order valence-corrected chi connectivity index (χ2v) is 9.80. The Balaban J connectivity index is 1.97. The first-order valence-electron chi connectivity index (χ1n) is 10.7.